The summed E-state index contributed by atoms with van der Waals surface area (Å²) in [7, 11) is 0. The summed E-state index contributed by atoms with van der Waals surface area (Å²) in [5.74, 6) is 0.866. The molecule has 0 amide bonds. The molecule has 2 atom stereocenters. The Morgan fingerprint density at radius 2 is 2.21 bits per heavy atom. The third-order valence-electron chi connectivity index (χ3n) is 3.01. The van der Waals surface area contributed by atoms with E-state index in [-0.39, 0.29) is 0 Å². The van der Waals surface area contributed by atoms with Crippen molar-refractivity contribution in [3.05, 3.63) is 29.3 Å². The molecule has 1 aromatic carbocycles. The van der Waals surface area contributed by atoms with Gasteiger partial charge in [-0.15, -0.1) is 0 Å². The van der Waals surface area contributed by atoms with Crippen LogP contribution in [0.2, 0.25) is 0 Å². The number of hydrogen-bond acceptors (Lipinski definition) is 2. The van der Waals surface area contributed by atoms with Crippen molar-refractivity contribution < 1.29 is 0 Å². The Morgan fingerprint density at radius 3 is 2.79 bits per heavy atom. The van der Waals surface area contributed by atoms with Gasteiger partial charge in [-0.2, -0.15) is 0 Å². The van der Waals surface area contributed by atoms with E-state index in [0.29, 0.717) is 0 Å². The lowest BCUT2D eigenvalue weighted by atomic mass is 10.1. The molecule has 0 heterocycles. The summed E-state index contributed by atoms with van der Waals surface area (Å²) in [6.07, 6.45) is 1.33. The Bertz CT molecular complexity index is 333. The van der Waals surface area contributed by atoms with Gasteiger partial charge in [0.2, 0.25) is 0 Å². The number of hydrogen-bond donors (Lipinski definition) is 2. The molecule has 1 aliphatic carbocycles. The molecule has 0 radical (unpaired) electrons. The van der Waals surface area contributed by atoms with Crippen molar-refractivity contribution in [2.45, 2.75) is 32.9 Å². The fourth-order valence-corrected chi connectivity index (χ4v) is 1.70. The first-order valence-electron chi connectivity index (χ1n) is 5.25. The Labute approximate surface area is 85.5 Å². The van der Waals surface area contributed by atoms with Crippen LogP contribution in [-0.2, 0) is 6.54 Å². The predicted octanol–water partition coefficient (Wildman–Crippen LogP) is 2.08. The van der Waals surface area contributed by atoms with Gasteiger partial charge in [-0.1, -0.05) is 19.1 Å². The highest BCUT2D eigenvalue weighted by Gasteiger charge is 2.31. The van der Waals surface area contributed by atoms with Crippen LogP contribution < -0.4 is 11.1 Å². The Morgan fingerprint density at radius 1 is 1.50 bits per heavy atom. The molecule has 1 aromatic rings. The summed E-state index contributed by atoms with van der Waals surface area (Å²) >= 11 is 0. The van der Waals surface area contributed by atoms with Gasteiger partial charge >= 0.3 is 0 Å². The van der Waals surface area contributed by atoms with E-state index in [0.717, 1.165) is 24.2 Å². The number of aryl methyl sites for hydroxylation is 1. The SMILES string of the molecule is Cc1cc(CNC2CC2C)ccc1N. The fourth-order valence-electron chi connectivity index (χ4n) is 1.70. The molecule has 0 bridgehead atoms. The maximum atomic E-state index is 5.76. The van der Waals surface area contributed by atoms with E-state index < -0.39 is 0 Å². The number of anilines is 1. The number of nitrogens with two attached hydrogens (primary N) is 1. The van der Waals surface area contributed by atoms with Gasteiger partial charge in [-0.05, 0) is 36.5 Å². The fraction of sp³-hybridized carbons (Fsp3) is 0.500. The second-order valence-corrected chi connectivity index (χ2v) is 4.39. The zero-order valence-corrected chi connectivity index (χ0v) is 8.88. The maximum Gasteiger partial charge on any atom is 0.0343 e. The summed E-state index contributed by atoms with van der Waals surface area (Å²) < 4.78 is 0. The van der Waals surface area contributed by atoms with Gasteiger partial charge in [0, 0.05) is 18.3 Å². The summed E-state index contributed by atoms with van der Waals surface area (Å²) in [4.78, 5) is 0. The summed E-state index contributed by atoms with van der Waals surface area (Å²) in [5, 5.41) is 3.53. The minimum atomic E-state index is 0.743. The average Bonchev–Trinajstić information content (AvgIpc) is 2.85. The van der Waals surface area contributed by atoms with Gasteiger partial charge in [0.15, 0.2) is 0 Å². The molecule has 0 aromatic heterocycles. The van der Waals surface area contributed by atoms with E-state index in [1.165, 1.54) is 17.5 Å². The highest BCUT2D eigenvalue weighted by atomic mass is 15.0. The first-order chi connectivity index (χ1) is 6.66. The van der Waals surface area contributed by atoms with Gasteiger partial charge in [0.1, 0.15) is 0 Å². The zero-order chi connectivity index (χ0) is 10.1. The first-order valence-corrected chi connectivity index (χ1v) is 5.25. The smallest absolute Gasteiger partial charge is 0.0343 e. The molecule has 2 rings (SSSR count). The molecule has 76 valence electrons. The molecule has 2 nitrogen and oxygen atoms in total. The maximum absolute atomic E-state index is 5.76. The Kier molecular flexibility index (Phi) is 2.46. The van der Waals surface area contributed by atoms with Crippen LogP contribution in [0.5, 0.6) is 0 Å². The molecule has 1 saturated carbocycles. The van der Waals surface area contributed by atoms with Crippen molar-refractivity contribution in [3.63, 3.8) is 0 Å². The molecule has 2 heteroatoms. The Hall–Kier alpha value is -1.02. The molecular formula is C12H18N2. The van der Waals surface area contributed by atoms with Crippen LogP contribution in [0.3, 0.4) is 0 Å². The second-order valence-electron chi connectivity index (χ2n) is 4.39. The third-order valence-corrected chi connectivity index (χ3v) is 3.01. The number of rotatable bonds is 3. The van der Waals surface area contributed by atoms with Crippen molar-refractivity contribution in [3.8, 4) is 0 Å². The molecule has 3 N–H and O–H groups in total. The minimum absolute atomic E-state index is 0.743. The van der Waals surface area contributed by atoms with Gasteiger partial charge < -0.3 is 11.1 Å². The molecular weight excluding hydrogens is 172 g/mol. The summed E-state index contributed by atoms with van der Waals surface area (Å²) in [6.45, 7) is 5.31. The van der Waals surface area contributed by atoms with E-state index in [2.05, 4.69) is 31.3 Å². The van der Waals surface area contributed by atoms with Gasteiger partial charge in [0.05, 0.1) is 0 Å². The summed E-state index contributed by atoms with van der Waals surface area (Å²) in [5.41, 5.74) is 9.15. The van der Waals surface area contributed by atoms with E-state index in [1.807, 2.05) is 6.07 Å². The van der Waals surface area contributed by atoms with Crippen LogP contribution in [0.15, 0.2) is 18.2 Å². The highest BCUT2D eigenvalue weighted by Crippen LogP contribution is 2.29. The lowest BCUT2D eigenvalue weighted by molar-refractivity contribution is 0.652. The number of benzene rings is 1. The summed E-state index contributed by atoms with van der Waals surface area (Å²) in [6, 6.07) is 6.99. The van der Waals surface area contributed by atoms with Crippen molar-refractivity contribution in [1.29, 1.82) is 0 Å². The quantitative estimate of drug-likeness (QED) is 0.716. The molecule has 0 spiro atoms. The largest absolute Gasteiger partial charge is 0.399 e. The van der Waals surface area contributed by atoms with Crippen LogP contribution >= 0.6 is 0 Å². The van der Waals surface area contributed by atoms with Crippen LogP contribution in [0.4, 0.5) is 5.69 Å². The van der Waals surface area contributed by atoms with Gasteiger partial charge in [0.25, 0.3) is 0 Å². The standard InChI is InChI=1S/C12H18N2/c1-8-5-10(3-4-11(8)13)7-14-12-6-9(12)2/h3-5,9,12,14H,6-7,13H2,1-2H3. The topological polar surface area (TPSA) is 38.0 Å². The third kappa shape index (κ3) is 2.07. The normalized spacial score (nSPS) is 25.0. The van der Waals surface area contributed by atoms with E-state index in [4.69, 9.17) is 5.73 Å². The van der Waals surface area contributed by atoms with Crippen molar-refractivity contribution in [1.82, 2.24) is 5.32 Å². The first kappa shape index (κ1) is 9.53. The monoisotopic (exact) mass is 190 g/mol. The molecule has 1 fully saturated rings. The van der Waals surface area contributed by atoms with Gasteiger partial charge in [-0.3, -0.25) is 0 Å². The average molecular weight is 190 g/mol. The Balaban J connectivity index is 1.92. The molecule has 1 aliphatic rings. The molecule has 14 heavy (non-hydrogen) atoms. The number of nitrogen functional groups attached to an aromatic ring is 1. The van der Waals surface area contributed by atoms with Crippen molar-refractivity contribution >= 4 is 5.69 Å². The molecule has 0 aliphatic heterocycles. The number of nitrogens with one attached hydrogen (secondary N) is 1. The highest BCUT2D eigenvalue weighted by molar-refractivity contribution is 5.47. The molecule has 2 unspecified atom stereocenters. The van der Waals surface area contributed by atoms with Crippen LogP contribution in [0.1, 0.15) is 24.5 Å². The van der Waals surface area contributed by atoms with E-state index in [1.54, 1.807) is 0 Å². The lowest BCUT2D eigenvalue weighted by Crippen LogP contribution is -2.17. The van der Waals surface area contributed by atoms with Crippen molar-refractivity contribution in [2.75, 3.05) is 5.73 Å². The lowest BCUT2D eigenvalue weighted by Gasteiger charge is -2.06. The second kappa shape index (κ2) is 3.62. The molecule has 0 saturated heterocycles. The minimum Gasteiger partial charge on any atom is -0.399 e. The zero-order valence-electron chi connectivity index (χ0n) is 8.88. The van der Waals surface area contributed by atoms with Crippen molar-refractivity contribution in [2.24, 2.45) is 5.92 Å². The predicted molar refractivity (Wildman–Crippen MR) is 60.0 cm³/mol. The van der Waals surface area contributed by atoms with E-state index in [9.17, 15) is 0 Å². The van der Waals surface area contributed by atoms with Gasteiger partial charge in [-0.25, -0.2) is 0 Å². The van der Waals surface area contributed by atoms with Crippen LogP contribution in [0.25, 0.3) is 0 Å². The van der Waals surface area contributed by atoms with E-state index >= 15 is 0 Å². The van der Waals surface area contributed by atoms with Crippen LogP contribution in [-0.4, -0.2) is 6.04 Å². The van der Waals surface area contributed by atoms with Crippen LogP contribution in [0, 0.1) is 12.8 Å².